The maximum absolute atomic E-state index is 13.6. The summed E-state index contributed by atoms with van der Waals surface area (Å²) in [5.74, 6) is -1.10. The number of esters is 1. The summed E-state index contributed by atoms with van der Waals surface area (Å²) in [6.45, 7) is 9.06. The molecule has 0 aromatic heterocycles. The number of nitrogens with two attached hydrogens (primary N) is 1. The second-order valence-corrected chi connectivity index (χ2v) is 12.4. The summed E-state index contributed by atoms with van der Waals surface area (Å²) >= 11 is 0. The Hall–Kier alpha value is -4.17. The van der Waals surface area contributed by atoms with E-state index in [0.717, 1.165) is 27.6 Å². The van der Waals surface area contributed by atoms with Crippen molar-refractivity contribution in [2.24, 2.45) is 10.7 Å². The van der Waals surface area contributed by atoms with E-state index in [-0.39, 0.29) is 37.7 Å². The largest absolute Gasteiger partial charge is 0.465 e. The molecule has 44 heavy (non-hydrogen) atoms. The van der Waals surface area contributed by atoms with Crippen molar-refractivity contribution in [1.29, 1.82) is 0 Å². The first kappa shape index (κ1) is 34.3. The predicted octanol–water partition coefficient (Wildman–Crippen LogP) is 3.77. The van der Waals surface area contributed by atoms with Crippen LogP contribution in [0, 0.1) is 0 Å². The van der Waals surface area contributed by atoms with Crippen LogP contribution in [0.15, 0.2) is 82.3 Å². The van der Waals surface area contributed by atoms with Crippen molar-refractivity contribution in [3.63, 3.8) is 0 Å². The van der Waals surface area contributed by atoms with Crippen molar-refractivity contribution >= 4 is 27.9 Å². The van der Waals surface area contributed by atoms with Gasteiger partial charge in [-0.25, -0.2) is 18.2 Å². The van der Waals surface area contributed by atoms with E-state index in [0.29, 0.717) is 23.6 Å². The van der Waals surface area contributed by atoms with E-state index in [2.05, 4.69) is 30.7 Å². The molecule has 1 atom stereocenters. The summed E-state index contributed by atoms with van der Waals surface area (Å²) in [5, 5.41) is 2.76. The highest BCUT2D eigenvalue weighted by Gasteiger charge is 2.41. The fourth-order valence-corrected chi connectivity index (χ4v) is 5.98. The normalized spacial score (nSPS) is 17.0. The molecule has 1 amide bonds. The smallest absolute Gasteiger partial charge is 0.416 e. The molecule has 0 aliphatic carbocycles. The van der Waals surface area contributed by atoms with Gasteiger partial charge in [-0.05, 0) is 53.8 Å². The molecule has 0 spiro atoms. The van der Waals surface area contributed by atoms with Crippen molar-refractivity contribution in [1.82, 2.24) is 14.5 Å². The molecule has 3 rings (SSSR count). The van der Waals surface area contributed by atoms with Gasteiger partial charge in [0.15, 0.2) is 5.96 Å². The third kappa shape index (κ3) is 8.26. The Morgan fingerprint density at radius 3 is 2.27 bits per heavy atom. The topological polar surface area (TPSA) is 134 Å². The predicted molar refractivity (Wildman–Crippen MR) is 160 cm³/mol. The lowest BCUT2D eigenvalue weighted by Crippen LogP contribution is -2.62. The highest BCUT2D eigenvalue weighted by atomic mass is 32.2. The van der Waals surface area contributed by atoms with Gasteiger partial charge < -0.3 is 20.7 Å². The molecule has 10 nitrogen and oxygen atoms in total. The maximum Gasteiger partial charge on any atom is 0.416 e. The van der Waals surface area contributed by atoms with Gasteiger partial charge in [0.1, 0.15) is 6.04 Å². The number of halogens is 3. The number of nitrogens with one attached hydrogen (secondary N) is 1. The maximum atomic E-state index is 13.6. The van der Waals surface area contributed by atoms with E-state index >= 15 is 0 Å². The van der Waals surface area contributed by atoms with Crippen molar-refractivity contribution < 1.29 is 35.9 Å². The van der Waals surface area contributed by atoms with Gasteiger partial charge in [0.25, 0.3) is 0 Å². The summed E-state index contributed by atoms with van der Waals surface area (Å²) in [6.07, 6.45) is -3.47. The number of guanidine groups is 1. The van der Waals surface area contributed by atoms with Crippen LogP contribution in [0.3, 0.4) is 0 Å². The number of amides is 1. The lowest BCUT2D eigenvalue weighted by molar-refractivity contribution is -0.138. The fourth-order valence-electron chi connectivity index (χ4n) is 4.41. The first-order chi connectivity index (χ1) is 20.6. The summed E-state index contributed by atoms with van der Waals surface area (Å²) in [4.78, 5) is 30.7. The minimum absolute atomic E-state index is 0.00408. The van der Waals surface area contributed by atoms with Crippen LogP contribution in [-0.2, 0) is 37.1 Å². The van der Waals surface area contributed by atoms with Gasteiger partial charge in [0, 0.05) is 32.4 Å². The minimum atomic E-state index is -4.65. The third-order valence-electron chi connectivity index (χ3n) is 7.05. The summed E-state index contributed by atoms with van der Waals surface area (Å²) in [7, 11) is -3.21. The number of hydrogen-bond acceptors (Lipinski definition) is 6. The van der Waals surface area contributed by atoms with Crippen LogP contribution >= 0.6 is 0 Å². The minimum Gasteiger partial charge on any atom is -0.465 e. The molecule has 1 fully saturated rings. The zero-order chi connectivity index (χ0) is 32.8. The zero-order valence-corrected chi connectivity index (χ0v) is 25.7. The number of sulfonamides is 1. The Morgan fingerprint density at radius 1 is 1.14 bits per heavy atom. The molecular weight excluding hydrogens is 599 g/mol. The average molecular weight is 636 g/mol. The number of benzene rings is 2. The second kappa shape index (κ2) is 14.1. The van der Waals surface area contributed by atoms with E-state index in [1.54, 1.807) is 6.92 Å². The van der Waals surface area contributed by atoms with Crippen LogP contribution in [0.1, 0.15) is 43.4 Å². The van der Waals surface area contributed by atoms with Crippen molar-refractivity contribution in [2.75, 3.05) is 26.7 Å². The highest BCUT2D eigenvalue weighted by molar-refractivity contribution is 7.89. The van der Waals surface area contributed by atoms with Crippen LogP contribution < -0.4 is 11.1 Å². The van der Waals surface area contributed by atoms with Gasteiger partial charge in [0.2, 0.25) is 15.9 Å². The van der Waals surface area contributed by atoms with Crippen molar-refractivity contribution in [2.45, 2.75) is 50.3 Å². The first-order valence-corrected chi connectivity index (χ1v) is 15.1. The van der Waals surface area contributed by atoms with Gasteiger partial charge in [0.05, 0.1) is 23.1 Å². The molecule has 238 valence electrons. The molecule has 3 N–H and O–H groups in total. The number of ether oxygens (including phenoxy) is 1. The number of piperazine rings is 1. The van der Waals surface area contributed by atoms with Crippen LogP contribution in [0.4, 0.5) is 13.2 Å². The molecule has 14 heteroatoms. The number of nitrogens with zero attached hydrogens (tertiary/aromatic N) is 3. The lowest BCUT2D eigenvalue weighted by atomic mass is 10.0. The standard InChI is InChI=1S/C30H36F3N5O5S/c1-19(2)22-8-6-21(7-9-22)16-35-27(39)26-18-37(29(34)36-17-25(20(3)4)28(40)43-5)14-15-38(26)44(41,42)24-12-10-23(11-13-24)30(31,32)33/h6-13,17,19,26H,3,14-16,18H2,1-2,4-5H3,(H2,34,36)(H,35,39)/b25-17+/t26-/m1/s1. The second-order valence-electron chi connectivity index (χ2n) is 10.5. The molecule has 0 radical (unpaired) electrons. The molecule has 2 aromatic carbocycles. The quantitative estimate of drug-likeness (QED) is 0.141. The van der Waals surface area contributed by atoms with Crippen LogP contribution in [0.2, 0.25) is 0 Å². The number of carbonyl (C=O) groups is 2. The van der Waals surface area contributed by atoms with Crippen LogP contribution in [0.25, 0.3) is 0 Å². The molecular formula is C30H36F3N5O5S. The molecule has 1 aliphatic rings. The number of methoxy groups -OCH3 is 1. The summed E-state index contributed by atoms with van der Waals surface area (Å²) in [5.41, 5.74) is 7.51. The van der Waals surface area contributed by atoms with E-state index < -0.39 is 44.6 Å². The zero-order valence-electron chi connectivity index (χ0n) is 24.9. The summed E-state index contributed by atoms with van der Waals surface area (Å²) < 4.78 is 72.2. The summed E-state index contributed by atoms with van der Waals surface area (Å²) in [6, 6.07) is 9.36. The first-order valence-electron chi connectivity index (χ1n) is 13.6. The molecule has 1 saturated heterocycles. The van der Waals surface area contributed by atoms with Gasteiger partial charge >= 0.3 is 12.1 Å². The molecule has 1 heterocycles. The number of rotatable bonds is 9. The van der Waals surface area contributed by atoms with Gasteiger partial charge in [-0.3, -0.25) is 4.79 Å². The van der Waals surface area contributed by atoms with Gasteiger partial charge in [-0.2, -0.15) is 17.5 Å². The van der Waals surface area contributed by atoms with Crippen LogP contribution in [-0.4, -0.2) is 68.2 Å². The van der Waals surface area contributed by atoms with Crippen LogP contribution in [0.5, 0.6) is 0 Å². The highest BCUT2D eigenvalue weighted by Crippen LogP contribution is 2.31. The number of aliphatic imine (C=N–C) groups is 1. The Morgan fingerprint density at radius 2 is 1.75 bits per heavy atom. The number of carbonyl (C=O) groups excluding carboxylic acids is 2. The molecule has 1 aliphatic heterocycles. The van der Waals surface area contributed by atoms with E-state index in [1.165, 1.54) is 18.2 Å². The van der Waals surface area contributed by atoms with E-state index in [1.807, 2.05) is 24.3 Å². The number of alkyl halides is 3. The van der Waals surface area contributed by atoms with Crippen molar-refractivity contribution in [3.05, 3.63) is 89.1 Å². The fraction of sp³-hybridized carbons (Fsp3) is 0.367. The monoisotopic (exact) mass is 635 g/mol. The Bertz CT molecular complexity index is 1540. The Labute approximate surface area is 255 Å². The van der Waals surface area contributed by atoms with Crippen molar-refractivity contribution in [3.8, 4) is 0 Å². The SMILES string of the molecule is C=C(C)/C(=C\N=C(/N)N1CCN(S(=O)(=O)c2ccc(C(F)(F)F)cc2)[C@@H](C(=O)NCc2ccc(C(C)C)cc2)C1)C(=O)OC. The Balaban J connectivity index is 1.92. The number of hydrogen-bond donors (Lipinski definition) is 2. The van der Waals surface area contributed by atoms with E-state index in [4.69, 9.17) is 10.5 Å². The lowest BCUT2D eigenvalue weighted by Gasteiger charge is -2.40. The molecule has 0 unspecified atom stereocenters. The van der Waals surface area contributed by atoms with Gasteiger partial charge in [-0.15, -0.1) is 0 Å². The Kier molecular flexibility index (Phi) is 11.0. The molecule has 0 bridgehead atoms. The average Bonchev–Trinajstić information content (AvgIpc) is 2.98. The van der Waals surface area contributed by atoms with E-state index in [9.17, 15) is 31.2 Å². The van der Waals surface area contributed by atoms with Gasteiger partial charge in [-0.1, -0.05) is 44.7 Å². The molecule has 2 aromatic rings. The molecule has 0 saturated carbocycles. The third-order valence-corrected chi connectivity index (χ3v) is 8.97.